The van der Waals surface area contributed by atoms with Gasteiger partial charge in [-0.3, -0.25) is 4.79 Å². The van der Waals surface area contributed by atoms with E-state index in [-0.39, 0.29) is 28.8 Å². The average Bonchev–Trinajstić information content (AvgIpc) is 3.00. The van der Waals surface area contributed by atoms with Gasteiger partial charge in [0.1, 0.15) is 11.8 Å². The minimum absolute atomic E-state index is 0.0761. The first kappa shape index (κ1) is 17.6. The van der Waals surface area contributed by atoms with Crippen LogP contribution in [0.5, 0.6) is 5.75 Å². The van der Waals surface area contributed by atoms with Gasteiger partial charge in [-0.2, -0.15) is 0 Å². The topological polar surface area (TPSA) is 41.6 Å². The number of hydrogen-bond acceptors (Lipinski definition) is 3. The summed E-state index contributed by atoms with van der Waals surface area (Å²) in [4.78, 5) is 15.9. The molecule has 0 saturated carbocycles. The highest BCUT2D eigenvalue weighted by molar-refractivity contribution is 5.91. The van der Waals surface area contributed by atoms with E-state index < -0.39 is 5.72 Å². The molecule has 3 atom stereocenters. The van der Waals surface area contributed by atoms with Crippen molar-refractivity contribution in [2.24, 2.45) is 0 Å². The normalized spacial score (nSPS) is 28.8. The molecule has 1 saturated heterocycles. The number of hydrogen-bond donors (Lipinski definition) is 1. The maximum atomic E-state index is 13.6. The van der Waals surface area contributed by atoms with Crippen molar-refractivity contribution in [3.63, 3.8) is 0 Å². The maximum Gasteiger partial charge on any atom is 0.243 e. The van der Waals surface area contributed by atoms with Crippen molar-refractivity contribution in [2.45, 2.75) is 69.7 Å². The van der Waals surface area contributed by atoms with Gasteiger partial charge in [-0.25, -0.2) is 0 Å². The van der Waals surface area contributed by atoms with Crippen molar-refractivity contribution in [3.8, 4) is 5.75 Å². The highest BCUT2D eigenvalue weighted by atomic mass is 16.5. The fourth-order valence-electron chi connectivity index (χ4n) is 5.54. The van der Waals surface area contributed by atoms with Crippen LogP contribution in [0.4, 0.5) is 5.69 Å². The zero-order chi connectivity index (χ0) is 19.9. The molecule has 146 valence electrons. The summed E-state index contributed by atoms with van der Waals surface area (Å²) in [5.74, 6) is 1.10. The lowest BCUT2D eigenvalue weighted by Gasteiger charge is -2.45. The molecule has 3 heterocycles. The van der Waals surface area contributed by atoms with E-state index in [1.165, 1.54) is 5.56 Å². The van der Waals surface area contributed by atoms with E-state index in [4.69, 9.17) is 4.74 Å². The minimum atomic E-state index is -0.546. The molecule has 2 bridgehead atoms. The van der Waals surface area contributed by atoms with Crippen LogP contribution in [0, 0.1) is 0 Å². The van der Waals surface area contributed by atoms with Gasteiger partial charge >= 0.3 is 0 Å². The predicted octanol–water partition coefficient (Wildman–Crippen LogP) is 4.34. The Morgan fingerprint density at radius 2 is 1.79 bits per heavy atom. The lowest BCUT2D eigenvalue weighted by Crippen LogP contribution is -2.60. The smallest absolute Gasteiger partial charge is 0.243 e. The summed E-state index contributed by atoms with van der Waals surface area (Å²) in [6.45, 7) is 10.6. The molecular formula is C24H28N2O2. The van der Waals surface area contributed by atoms with Crippen LogP contribution in [0.2, 0.25) is 0 Å². The number of anilines is 1. The number of fused-ring (bicyclic) bond motifs is 5. The van der Waals surface area contributed by atoms with Gasteiger partial charge in [-0.1, -0.05) is 36.4 Å². The second-order valence-corrected chi connectivity index (χ2v) is 9.93. The van der Waals surface area contributed by atoms with Crippen molar-refractivity contribution < 1.29 is 9.53 Å². The van der Waals surface area contributed by atoms with Crippen LogP contribution < -0.4 is 15.0 Å². The molecule has 1 N–H and O–H groups in total. The second kappa shape index (κ2) is 5.31. The van der Waals surface area contributed by atoms with E-state index >= 15 is 0 Å². The largest absolute Gasteiger partial charge is 0.467 e. The lowest BCUT2D eigenvalue weighted by atomic mass is 9.73. The summed E-state index contributed by atoms with van der Waals surface area (Å²) >= 11 is 0. The monoisotopic (exact) mass is 376 g/mol. The maximum absolute atomic E-state index is 13.6. The zero-order valence-corrected chi connectivity index (χ0v) is 17.2. The number of nitrogens with zero attached hydrogens (tertiary/aromatic N) is 1. The van der Waals surface area contributed by atoms with E-state index in [0.717, 1.165) is 23.4 Å². The number of amides is 1. The first-order valence-electron chi connectivity index (χ1n) is 10.1. The summed E-state index contributed by atoms with van der Waals surface area (Å²) in [6.07, 6.45) is 0.813. The van der Waals surface area contributed by atoms with E-state index in [2.05, 4.69) is 54.4 Å². The Hall–Kier alpha value is -2.49. The fraction of sp³-hybridized carbons (Fsp3) is 0.458. The van der Waals surface area contributed by atoms with Crippen molar-refractivity contribution in [3.05, 3.63) is 59.7 Å². The van der Waals surface area contributed by atoms with Gasteiger partial charge in [0, 0.05) is 29.1 Å². The molecule has 3 aliphatic rings. The summed E-state index contributed by atoms with van der Waals surface area (Å²) in [6, 6.07) is 16.4. The van der Waals surface area contributed by atoms with Crippen LogP contribution >= 0.6 is 0 Å². The quantitative estimate of drug-likeness (QED) is 0.805. The van der Waals surface area contributed by atoms with E-state index in [1.807, 2.05) is 39.0 Å². The van der Waals surface area contributed by atoms with Crippen LogP contribution in [-0.4, -0.2) is 23.2 Å². The molecule has 1 amide bonds. The molecule has 3 aliphatic heterocycles. The Kier molecular flexibility index (Phi) is 3.34. The minimum Gasteiger partial charge on any atom is -0.467 e. The van der Waals surface area contributed by atoms with Crippen LogP contribution in [0.15, 0.2) is 48.5 Å². The third kappa shape index (κ3) is 2.09. The van der Waals surface area contributed by atoms with Gasteiger partial charge in [0.25, 0.3) is 0 Å². The van der Waals surface area contributed by atoms with Crippen LogP contribution in [0.1, 0.15) is 58.1 Å². The number of para-hydroxylation sites is 2. The molecule has 4 heteroatoms. The van der Waals surface area contributed by atoms with Gasteiger partial charge in [-0.15, -0.1) is 0 Å². The fourth-order valence-corrected chi connectivity index (χ4v) is 5.54. The summed E-state index contributed by atoms with van der Waals surface area (Å²) in [5, 5.41) is 3.24. The molecule has 2 aromatic rings. The van der Waals surface area contributed by atoms with Crippen LogP contribution in [0.25, 0.3) is 0 Å². The molecule has 28 heavy (non-hydrogen) atoms. The summed E-state index contributed by atoms with van der Waals surface area (Å²) in [7, 11) is 0. The van der Waals surface area contributed by atoms with Crippen molar-refractivity contribution in [2.75, 3.05) is 4.90 Å². The summed E-state index contributed by atoms with van der Waals surface area (Å²) in [5.41, 5.74) is 2.46. The van der Waals surface area contributed by atoms with E-state index in [9.17, 15) is 4.79 Å². The van der Waals surface area contributed by atoms with Gasteiger partial charge in [-0.05, 0) is 52.3 Å². The SMILES string of the molecule is CC(C)(C)NC(=O)[C@H]1[C@H]2C[C@]3(Oc4ccccc42)N1c1ccccc1C3(C)C. The first-order chi connectivity index (χ1) is 13.2. The third-order valence-corrected chi connectivity index (χ3v) is 6.72. The Bertz CT molecular complexity index is 975. The van der Waals surface area contributed by atoms with Crippen LogP contribution in [-0.2, 0) is 10.2 Å². The Labute approximate surface area is 166 Å². The second-order valence-electron chi connectivity index (χ2n) is 9.93. The van der Waals surface area contributed by atoms with E-state index in [1.54, 1.807) is 0 Å². The van der Waals surface area contributed by atoms with Gasteiger partial charge in [0.15, 0.2) is 5.72 Å². The highest BCUT2D eigenvalue weighted by Gasteiger charge is 2.70. The molecule has 2 aromatic carbocycles. The standard InChI is InChI=1S/C24H28N2O2/c1-22(2,3)25-21(27)20-16-14-24(28-19-13-9-6-10-15(16)19)23(4,5)17-11-7-8-12-18(17)26(20)24/h6-13,16,20H,14H2,1-5H3,(H,25,27)/t16-,20+,24+/m0/s1. The van der Waals surface area contributed by atoms with Crippen molar-refractivity contribution in [1.82, 2.24) is 5.32 Å². The third-order valence-electron chi connectivity index (χ3n) is 6.72. The lowest BCUT2D eigenvalue weighted by molar-refractivity contribution is -0.124. The Balaban J connectivity index is 1.73. The number of nitrogens with one attached hydrogen (secondary N) is 1. The predicted molar refractivity (Wildman–Crippen MR) is 111 cm³/mol. The molecule has 0 aliphatic carbocycles. The molecule has 4 nitrogen and oxygen atoms in total. The number of carbonyl (C=O) groups is 1. The molecule has 5 rings (SSSR count). The molecule has 1 spiro atoms. The molecule has 0 unspecified atom stereocenters. The van der Waals surface area contributed by atoms with Gasteiger partial charge in [0.2, 0.25) is 5.91 Å². The first-order valence-corrected chi connectivity index (χ1v) is 10.1. The van der Waals surface area contributed by atoms with Gasteiger partial charge in [0.05, 0.1) is 5.41 Å². The Morgan fingerprint density at radius 3 is 2.54 bits per heavy atom. The van der Waals surface area contributed by atoms with Gasteiger partial charge < -0.3 is 15.0 Å². The van der Waals surface area contributed by atoms with Crippen molar-refractivity contribution >= 4 is 11.6 Å². The molecular weight excluding hydrogens is 348 g/mol. The van der Waals surface area contributed by atoms with Crippen molar-refractivity contribution in [1.29, 1.82) is 0 Å². The average molecular weight is 377 g/mol. The number of benzene rings is 2. The van der Waals surface area contributed by atoms with E-state index in [0.29, 0.717) is 0 Å². The number of carbonyl (C=O) groups excluding carboxylic acids is 1. The molecule has 1 fully saturated rings. The highest BCUT2D eigenvalue weighted by Crippen LogP contribution is 2.64. The Morgan fingerprint density at radius 1 is 1.11 bits per heavy atom. The molecule has 0 radical (unpaired) electrons. The number of rotatable bonds is 1. The molecule has 0 aromatic heterocycles. The van der Waals surface area contributed by atoms with Crippen LogP contribution in [0.3, 0.4) is 0 Å². The number of ether oxygens (including phenoxy) is 1. The zero-order valence-electron chi connectivity index (χ0n) is 17.2. The summed E-state index contributed by atoms with van der Waals surface area (Å²) < 4.78 is 6.79.